The van der Waals surface area contributed by atoms with E-state index in [1.54, 1.807) is 13.8 Å². The molecule has 1 spiro atoms. The standard InChI is InChI=1S/C47H40BN2O3/c1-45(2,51)46(3,4)53-48-38-27-16-25-36-42(38)32-21-11-12-23-34(32)47(36)35-24-13-14-28-41(35)52-43-33(22-15-26-37(43)47)40-29-39(30-17-7-5-8-18-30)49-44(50-40)31-19-9-6-10-20-31/h5-27,29,41,51H,28H2,1-4H3. The third-order valence-electron chi connectivity index (χ3n) is 11.4. The van der Waals surface area contributed by atoms with E-state index in [2.05, 4.69) is 109 Å². The Bertz CT molecular complexity index is 2370. The van der Waals surface area contributed by atoms with Crippen LogP contribution in [-0.4, -0.2) is 39.9 Å². The zero-order valence-electron chi connectivity index (χ0n) is 30.4. The van der Waals surface area contributed by atoms with Crippen molar-refractivity contribution in [2.24, 2.45) is 0 Å². The van der Waals surface area contributed by atoms with Crippen LogP contribution in [-0.2, 0) is 10.1 Å². The van der Waals surface area contributed by atoms with E-state index < -0.39 is 16.6 Å². The normalized spacial score (nSPS) is 18.4. The van der Waals surface area contributed by atoms with E-state index >= 15 is 0 Å². The van der Waals surface area contributed by atoms with Crippen LogP contribution in [0.3, 0.4) is 0 Å². The Morgan fingerprint density at radius 2 is 1.36 bits per heavy atom. The van der Waals surface area contributed by atoms with Gasteiger partial charge in [0.2, 0.25) is 0 Å². The molecule has 53 heavy (non-hydrogen) atoms. The minimum Gasteiger partial charge on any atom is -0.485 e. The lowest BCUT2D eigenvalue weighted by atomic mass is 9.62. The van der Waals surface area contributed by atoms with Crippen LogP contribution in [0.15, 0.2) is 151 Å². The number of aliphatic hydroxyl groups is 1. The van der Waals surface area contributed by atoms with Gasteiger partial charge in [0.15, 0.2) is 5.82 Å². The molecule has 6 aromatic rings. The van der Waals surface area contributed by atoms with Gasteiger partial charge in [0.1, 0.15) is 11.9 Å². The Hall–Kier alpha value is -5.56. The summed E-state index contributed by atoms with van der Waals surface area (Å²) in [5.74, 6) is 1.50. The average molecular weight is 692 g/mol. The van der Waals surface area contributed by atoms with E-state index in [0.29, 0.717) is 5.82 Å². The van der Waals surface area contributed by atoms with Gasteiger partial charge in [-0.1, -0.05) is 133 Å². The number of ether oxygens (including phenoxy) is 1. The second-order valence-corrected chi connectivity index (χ2v) is 15.1. The molecule has 0 fully saturated rings. The molecule has 0 saturated carbocycles. The molecule has 1 aromatic heterocycles. The van der Waals surface area contributed by atoms with E-state index in [0.717, 1.165) is 62.4 Å². The molecular weight excluding hydrogens is 651 g/mol. The summed E-state index contributed by atoms with van der Waals surface area (Å²) in [5, 5.41) is 10.9. The summed E-state index contributed by atoms with van der Waals surface area (Å²) in [6.07, 6.45) is 7.18. The van der Waals surface area contributed by atoms with Crippen LogP contribution in [0.5, 0.6) is 5.75 Å². The minimum absolute atomic E-state index is 0.185. The monoisotopic (exact) mass is 691 g/mol. The lowest BCUT2D eigenvalue weighted by Crippen LogP contribution is -2.49. The van der Waals surface area contributed by atoms with Crippen molar-refractivity contribution >= 4 is 12.9 Å². The molecule has 2 aliphatic carbocycles. The van der Waals surface area contributed by atoms with Gasteiger partial charge in [0, 0.05) is 28.7 Å². The summed E-state index contributed by atoms with van der Waals surface area (Å²) < 4.78 is 13.6. The molecule has 259 valence electrons. The first-order valence-electron chi connectivity index (χ1n) is 18.3. The topological polar surface area (TPSA) is 64.5 Å². The summed E-state index contributed by atoms with van der Waals surface area (Å²) in [7, 11) is 1.83. The fourth-order valence-electron chi connectivity index (χ4n) is 8.01. The Labute approximate surface area is 312 Å². The molecular formula is C47H40BN2O3. The third kappa shape index (κ3) is 5.31. The molecule has 2 heterocycles. The molecule has 5 aromatic carbocycles. The van der Waals surface area contributed by atoms with Crippen LogP contribution in [0.25, 0.3) is 45.0 Å². The molecule has 1 radical (unpaired) electrons. The van der Waals surface area contributed by atoms with Crippen LogP contribution in [0.4, 0.5) is 0 Å². The first-order valence-corrected chi connectivity index (χ1v) is 18.3. The average Bonchev–Trinajstić information content (AvgIpc) is 3.48. The van der Waals surface area contributed by atoms with Crippen LogP contribution >= 0.6 is 0 Å². The molecule has 1 aliphatic heterocycles. The molecule has 9 rings (SSSR count). The van der Waals surface area contributed by atoms with Crippen LogP contribution in [0.1, 0.15) is 50.8 Å². The van der Waals surface area contributed by atoms with Crippen molar-refractivity contribution in [3.8, 4) is 50.8 Å². The largest absolute Gasteiger partial charge is 0.485 e. The summed E-state index contributed by atoms with van der Waals surface area (Å²) in [6.45, 7) is 7.40. The highest BCUT2D eigenvalue weighted by atomic mass is 16.5. The molecule has 3 aliphatic rings. The number of hydrogen-bond donors (Lipinski definition) is 1. The lowest BCUT2D eigenvalue weighted by Gasteiger charge is -2.45. The minimum atomic E-state index is -1.05. The van der Waals surface area contributed by atoms with Crippen LogP contribution in [0.2, 0.25) is 0 Å². The lowest BCUT2D eigenvalue weighted by molar-refractivity contribution is -0.0893. The number of aromatic nitrogens is 2. The van der Waals surface area contributed by atoms with E-state index in [9.17, 15) is 5.11 Å². The summed E-state index contributed by atoms with van der Waals surface area (Å²) >= 11 is 0. The van der Waals surface area contributed by atoms with Crippen molar-refractivity contribution in [3.63, 3.8) is 0 Å². The molecule has 2 atom stereocenters. The molecule has 0 saturated heterocycles. The quantitative estimate of drug-likeness (QED) is 0.169. The van der Waals surface area contributed by atoms with Crippen molar-refractivity contribution in [2.45, 2.75) is 56.8 Å². The fraction of sp³-hybridized carbons (Fsp3) is 0.191. The fourth-order valence-corrected chi connectivity index (χ4v) is 8.01. The highest BCUT2D eigenvalue weighted by Crippen LogP contribution is 2.62. The van der Waals surface area contributed by atoms with Crippen molar-refractivity contribution in [1.29, 1.82) is 0 Å². The number of benzene rings is 5. The Morgan fingerprint density at radius 3 is 2.13 bits per heavy atom. The highest BCUT2D eigenvalue weighted by Gasteiger charge is 2.54. The van der Waals surface area contributed by atoms with Crippen molar-refractivity contribution in [1.82, 2.24) is 9.97 Å². The predicted octanol–water partition coefficient (Wildman–Crippen LogP) is 9.25. The van der Waals surface area contributed by atoms with Crippen LogP contribution in [0, 0.1) is 0 Å². The molecule has 0 bridgehead atoms. The van der Waals surface area contributed by atoms with Gasteiger partial charge >= 0.3 is 7.48 Å². The summed E-state index contributed by atoms with van der Waals surface area (Å²) in [4.78, 5) is 10.3. The number of rotatable bonds is 7. The zero-order chi connectivity index (χ0) is 36.4. The zero-order valence-corrected chi connectivity index (χ0v) is 30.4. The molecule has 1 N–H and O–H groups in total. The molecule has 6 heteroatoms. The number of nitrogens with zero attached hydrogens (tertiary/aromatic N) is 2. The van der Waals surface area contributed by atoms with Crippen LogP contribution < -0.4 is 10.2 Å². The smallest absolute Gasteiger partial charge is 0.331 e. The number of para-hydroxylation sites is 1. The van der Waals surface area contributed by atoms with Gasteiger partial charge in [-0.2, -0.15) is 0 Å². The number of fused-ring (bicyclic) bond motifs is 9. The van der Waals surface area contributed by atoms with Gasteiger partial charge < -0.3 is 14.5 Å². The van der Waals surface area contributed by atoms with E-state index in [4.69, 9.17) is 19.4 Å². The third-order valence-corrected chi connectivity index (χ3v) is 11.4. The second kappa shape index (κ2) is 12.5. The van der Waals surface area contributed by atoms with Gasteiger partial charge in [-0.25, -0.2) is 9.97 Å². The maximum atomic E-state index is 10.9. The van der Waals surface area contributed by atoms with Gasteiger partial charge in [-0.3, -0.25) is 0 Å². The van der Waals surface area contributed by atoms with Gasteiger partial charge in [0.25, 0.3) is 0 Å². The first kappa shape index (κ1) is 33.3. The van der Waals surface area contributed by atoms with Crippen molar-refractivity contribution < 1.29 is 14.5 Å². The second-order valence-electron chi connectivity index (χ2n) is 15.1. The maximum Gasteiger partial charge on any atom is 0.331 e. The highest BCUT2D eigenvalue weighted by molar-refractivity contribution is 6.50. The van der Waals surface area contributed by atoms with E-state index in [-0.39, 0.29) is 6.10 Å². The molecule has 5 nitrogen and oxygen atoms in total. The summed E-state index contributed by atoms with van der Waals surface area (Å²) in [6, 6.07) is 44.2. The Morgan fingerprint density at radius 1 is 0.717 bits per heavy atom. The van der Waals surface area contributed by atoms with Gasteiger partial charge in [0.05, 0.1) is 28.0 Å². The SMILES string of the molecule is CC(C)(O)C(C)(C)O[B]c1cccc2c1-c1ccccc1C21C2=CC=CCC2Oc2c(-c3cc(-c4ccccc4)nc(-c4ccccc4)n3)cccc21. The van der Waals surface area contributed by atoms with Crippen molar-refractivity contribution in [2.75, 3.05) is 0 Å². The van der Waals surface area contributed by atoms with E-state index in [1.807, 2.05) is 57.7 Å². The molecule has 0 amide bonds. The molecule has 2 unspecified atom stereocenters. The van der Waals surface area contributed by atoms with Gasteiger partial charge in [-0.15, -0.1) is 0 Å². The van der Waals surface area contributed by atoms with E-state index in [1.165, 1.54) is 16.7 Å². The Balaban J connectivity index is 1.29. The Kier molecular flexibility index (Phi) is 7.88. The first-order chi connectivity index (χ1) is 25.7. The maximum absolute atomic E-state index is 10.9. The summed E-state index contributed by atoms with van der Waals surface area (Å²) in [5.41, 5.74) is 10.0. The number of hydrogen-bond acceptors (Lipinski definition) is 5. The van der Waals surface area contributed by atoms with Crippen molar-refractivity contribution in [3.05, 3.63) is 168 Å². The number of allylic oxidation sites excluding steroid dienone is 2. The predicted molar refractivity (Wildman–Crippen MR) is 213 cm³/mol. The van der Waals surface area contributed by atoms with Gasteiger partial charge in [-0.05, 0) is 73.1 Å².